The molecule has 100 valence electrons. The molecule has 1 saturated carbocycles. The van der Waals surface area contributed by atoms with Crippen LogP contribution >= 0.6 is 0 Å². The molecule has 1 aliphatic rings. The Morgan fingerprint density at radius 3 is 2.83 bits per heavy atom. The van der Waals surface area contributed by atoms with Crippen LogP contribution in [0.3, 0.4) is 0 Å². The molecule has 1 fully saturated rings. The van der Waals surface area contributed by atoms with Crippen LogP contribution in [0.5, 0.6) is 5.75 Å². The normalized spacial score (nSPS) is 25.2. The molecule has 18 heavy (non-hydrogen) atoms. The lowest BCUT2D eigenvalue weighted by Crippen LogP contribution is -2.39. The summed E-state index contributed by atoms with van der Waals surface area (Å²) in [6, 6.07) is 8.18. The SMILES string of the molecule is CCC(NC1CCCC1OC)c1ccccc1O. The van der Waals surface area contributed by atoms with Gasteiger partial charge in [0.05, 0.1) is 6.10 Å². The van der Waals surface area contributed by atoms with Gasteiger partial charge in [-0.3, -0.25) is 0 Å². The number of hydrogen-bond donors (Lipinski definition) is 2. The number of nitrogens with one attached hydrogen (secondary N) is 1. The first-order valence-electron chi connectivity index (χ1n) is 6.83. The molecule has 3 atom stereocenters. The second kappa shape index (κ2) is 6.21. The third kappa shape index (κ3) is 2.85. The number of phenols is 1. The minimum absolute atomic E-state index is 0.201. The molecule has 0 spiro atoms. The Morgan fingerprint density at radius 2 is 2.17 bits per heavy atom. The summed E-state index contributed by atoms with van der Waals surface area (Å²) in [5.74, 6) is 0.379. The third-order valence-corrected chi connectivity index (χ3v) is 3.89. The molecule has 3 nitrogen and oxygen atoms in total. The van der Waals surface area contributed by atoms with Crippen LogP contribution in [-0.2, 0) is 4.74 Å². The number of aromatic hydroxyl groups is 1. The van der Waals surface area contributed by atoms with Gasteiger partial charge in [0.25, 0.3) is 0 Å². The molecular weight excluding hydrogens is 226 g/mol. The number of benzene rings is 1. The van der Waals surface area contributed by atoms with Crippen molar-refractivity contribution in [2.75, 3.05) is 7.11 Å². The van der Waals surface area contributed by atoms with Gasteiger partial charge in [-0.15, -0.1) is 0 Å². The number of phenolic OH excluding ortho intramolecular Hbond substituents is 1. The Balaban J connectivity index is 2.08. The van der Waals surface area contributed by atoms with Gasteiger partial charge in [0.2, 0.25) is 0 Å². The summed E-state index contributed by atoms with van der Waals surface area (Å²) in [4.78, 5) is 0. The average molecular weight is 249 g/mol. The Labute approximate surface area is 109 Å². The van der Waals surface area contributed by atoms with Crippen molar-refractivity contribution in [3.8, 4) is 5.75 Å². The maximum Gasteiger partial charge on any atom is 0.120 e. The lowest BCUT2D eigenvalue weighted by molar-refractivity contribution is 0.0808. The highest BCUT2D eigenvalue weighted by Crippen LogP contribution is 2.29. The van der Waals surface area contributed by atoms with E-state index in [-0.39, 0.29) is 6.04 Å². The van der Waals surface area contributed by atoms with Gasteiger partial charge < -0.3 is 15.2 Å². The van der Waals surface area contributed by atoms with Crippen molar-refractivity contribution in [2.45, 2.75) is 50.8 Å². The van der Waals surface area contributed by atoms with Gasteiger partial charge in [-0.25, -0.2) is 0 Å². The van der Waals surface area contributed by atoms with Crippen LogP contribution < -0.4 is 5.32 Å². The quantitative estimate of drug-likeness (QED) is 0.843. The number of hydrogen-bond acceptors (Lipinski definition) is 3. The molecule has 3 heteroatoms. The summed E-state index contributed by atoms with van der Waals surface area (Å²) in [7, 11) is 1.78. The Kier molecular flexibility index (Phi) is 4.61. The molecule has 1 aromatic carbocycles. The van der Waals surface area contributed by atoms with E-state index >= 15 is 0 Å². The highest BCUT2D eigenvalue weighted by Gasteiger charge is 2.29. The van der Waals surface area contributed by atoms with E-state index in [0.29, 0.717) is 17.9 Å². The fourth-order valence-electron chi connectivity index (χ4n) is 2.87. The Bertz CT molecular complexity index is 381. The molecule has 0 radical (unpaired) electrons. The standard InChI is InChI=1S/C15H23NO2/c1-3-12(11-7-4-5-9-14(11)17)16-13-8-6-10-15(13)18-2/h4-5,7,9,12-13,15-17H,3,6,8,10H2,1-2H3. The first kappa shape index (κ1) is 13.4. The van der Waals surface area contributed by atoms with Gasteiger partial charge in [0.15, 0.2) is 0 Å². The van der Waals surface area contributed by atoms with Gasteiger partial charge in [-0.2, -0.15) is 0 Å². The van der Waals surface area contributed by atoms with Crippen molar-refractivity contribution in [3.63, 3.8) is 0 Å². The van der Waals surface area contributed by atoms with E-state index in [2.05, 4.69) is 12.2 Å². The fraction of sp³-hybridized carbons (Fsp3) is 0.600. The number of methoxy groups -OCH3 is 1. The molecule has 0 saturated heterocycles. The topological polar surface area (TPSA) is 41.5 Å². The zero-order valence-corrected chi connectivity index (χ0v) is 11.2. The predicted molar refractivity (Wildman–Crippen MR) is 72.7 cm³/mol. The van der Waals surface area contributed by atoms with Gasteiger partial charge in [-0.05, 0) is 31.7 Å². The largest absolute Gasteiger partial charge is 0.508 e. The van der Waals surface area contributed by atoms with E-state index in [0.717, 1.165) is 24.8 Å². The van der Waals surface area contributed by atoms with Crippen molar-refractivity contribution in [3.05, 3.63) is 29.8 Å². The monoisotopic (exact) mass is 249 g/mol. The predicted octanol–water partition coefficient (Wildman–Crippen LogP) is 3.00. The smallest absolute Gasteiger partial charge is 0.120 e. The number of rotatable bonds is 5. The highest BCUT2D eigenvalue weighted by molar-refractivity contribution is 5.34. The zero-order chi connectivity index (χ0) is 13.0. The molecule has 1 aromatic rings. The highest BCUT2D eigenvalue weighted by atomic mass is 16.5. The maximum atomic E-state index is 9.94. The molecule has 2 rings (SSSR count). The molecule has 0 bridgehead atoms. The molecule has 1 aliphatic carbocycles. The van der Waals surface area contributed by atoms with Crippen LogP contribution in [0.1, 0.15) is 44.2 Å². The van der Waals surface area contributed by atoms with E-state index < -0.39 is 0 Å². The van der Waals surface area contributed by atoms with Crippen molar-refractivity contribution in [1.82, 2.24) is 5.32 Å². The van der Waals surface area contributed by atoms with Gasteiger partial charge >= 0.3 is 0 Å². The summed E-state index contributed by atoms with van der Waals surface area (Å²) in [6.07, 6.45) is 4.77. The van der Waals surface area contributed by atoms with Crippen molar-refractivity contribution in [1.29, 1.82) is 0 Å². The summed E-state index contributed by atoms with van der Waals surface area (Å²) in [5.41, 5.74) is 0.988. The van der Waals surface area contributed by atoms with Gasteiger partial charge in [-0.1, -0.05) is 25.1 Å². The molecule has 3 unspecified atom stereocenters. The lowest BCUT2D eigenvalue weighted by Gasteiger charge is -2.26. The molecular formula is C15H23NO2. The van der Waals surface area contributed by atoms with Crippen molar-refractivity contribution >= 4 is 0 Å². The van der Waals surface area contributed by atoms with Crippen LogP contribution in [0.15, 0.2) is 24.3 Å². The van der Waals surface area contributed by atoms with Gasteiger partial charge in [0.1, 0.15) is 5.75 Å². The third-order valence-electron chi connectivity index (χ3n) is 3.89. The van der Waals surface area contributed by atoms with E-state index in [4.69, 9.17) is 4.74 Å². The van der Waals surface area contributed by atoms with Crippen LogP contribution in [0.25, 0.3) is 0 Å². The summed E-state index contributed by atoms with van der Waals surface area (Å²) in [6.45, 7) is 2.14. The molecule has 2 N–H and O–H groups in total. The number of ether oxygens (including phenoxy) is 1. The average Bonchev–Trinajstić information content (AvgIpc) is 2.84. The number of para-hydroxylation sites is 1. The van der Waals surface area contributed by atoms with E-state index in [1.165, 1.54) is 6.42 Å². The minimum atomic E-state index is 0.201. The first-order chi connectivity index (χ1) is 8.76. The van der Waals surface area contributed by atoms with Crippen LogP contribution in [0.2, 0.25) is 0 Å². The molecule has 0 heterocycles. The second-order valence-corrected chi connectivity index (χ2v) is 5.00. The first-order valence-corrected chi connectivity index (χ1v) is 6.83. The fourth-order valence-corrected chi connectivity index (χ4v) is 2.87. The van der Waals surface area contributed by atoms with Crippen LogP contribution in [-0.4, -0.2) is 24.4 Å². The van der Waals surface area contributed by atoms with E-state index in [1.807, 2.05) is 18.2 Å². The Hall–Kier alpha value is -1.06. The van der Waals surface area contributed by atoms with E-state index in [9.17, 15) is 5.11 Å². The molecule has 0 amide bonds. The minimum Gasteiger partial charge on any atom is -0.508 e. The van der Waals surface area contributed by atoms with Gasteiger partial charge in [0, 0.05) is 24.8 Å². The maximum absolute atomic E-state index is 9.94. The Morgan fingerprint density at radius 1 is 1.39 bits per heavy atom. The van der Waals surface area contributed by atoms with Crippen LogP contribution in [0, 0.1) is 0 Å². The molecule has 0 aliphatic heterocycles. The van der Waals surface area contributed by atoms with Crippen molar-refractivity contribution in [2.24, 2.45) is 0 Å². The zero-order valence-electron chi connectivity index (χ0n) is 11.2. The lowest BCUT2D eigenvalue weighted by atomic mass is 10.0. The van der Waals surface area contributed by atoms with Crippen LogP contribution in [0.4, 0.5) is 0 Å². The summed E-state index contributed by atoms with van der Waals surface area (Å²) in [5, 5.41) is 13.6. The summed E-state index contributed by atoms with van der Waals surface area (Å²) < 4.78 is 5.51. The molecule has 0 aromatic heterocycles. The second-order valence-electron chi connectivity index (χ2n) is 5.00. The van der Waals surface area contributed by atoms with E-state index in [1.54, 1.807) is 13.2 Å². The summed E-state index contributed by atoms with van der Waals surface area (Å²) >= 11 is 0. The van der Waals surface area contributed by atoms with Crippen molar-refractivity contribution < 1.29 is 9.84 Å².